The van der Waals surface area contributed by atoms with Crippen molar-refractivity contribution in [1.82, 2.24) is 9.55 Å². The SMILES string of the molecule is C=Cn1ccnc1.N#C[S-].N#C[S-].[Zn+2]. The third kappa shape index (κ3) is 17.2. The normalized spacial score (nSPS) is 5.29. The van der Waals surface area contributed by atoms with Crippen molar-refractivity contribution in [3.63, 3.8) is 0 Å². The fraction of sp³-hybridized carbons (Fsp3) is 0. The first-order valence-corrected chi connectivity index (χ1v) is 3.70. The minimum atomic E-state index is 0. The number of imidazole rings is 1. The second kappa shape index (κ2) is 17.9. The Morgan fingerprint density at radius 3 is 1.93 bits per heavy atom. The Hall–Kier alpha value is -1.01. The van der Waals surface area contributed by atoms with Gasteiger partial charge in [-0.05, 0) is 0 Å². The van der Waals surface area contributed by atoms with Crippen LogP contribution in [0, 0.1) is 21.3 Å². The maximum Gasteiger partial charge on any atom is 2.00 e. The van der Waals surface area contributed by atoms with E-state index < -0.39 is 0 Å². The maximum atomic E-state index is 7.13. The second-order valence-corrected chi connectivity index (χ2v) is 1.74. The van der Waals surface area contributed by atoms with Gasteiger partial charge in [-0.1, -0.05) is 17.4 Å². The average Bonchev–Trinajstić information content (AvgIpc) is 2.58. The molecule has 4 nitrogen and oxygen atoms in total. The number of rotatable bonds is 1. The number of nitriles is 2. The van der Waals surface area contributed by atoms with Crippen LogP contribution in [0.2, 0.25) is 0 Å². The molecule has 0 atom stereocenters. The first-order valence-electron chi connectivity index (χ1n) is 2.89. The van der Waals surface area contributed by atoms with Gasteiger partial charge in [-0.15, -0.1) is 0 Å². The molecule has 0 aliphatic rings. The largest absolute Gasteiger partial charge is 2.00 e. The van der Waals surface area contributed by atoms with E-state index in [0.29, 0.717) is 0 Å². The summed E-state index contributed by atoms with van der Waals surface area (Å²) in [7, 11) is 0. The Morgan fingerprint density at radius 1 is 1.36 bits per heavy atom. The number of aromatic nitrogens is 2. The molecule has 0 saturated heterocycles. The molecular weight excluding hydrogens is 270 g/mol. The monoisotopic (exact) mass is 274 g/mol. The van der Waals surface area contributed by atoms with Crippen LogP contribution in [0.3, 0.4) is 0 Å². The Morgan fingerprint density at radius 2 is 1.79 bits per heavy atom. The topological polar surface area (TPSA) is 65.4 Å². The van der Waals surface area contributed by atoms with Crippen LogP contribution in [0.5, 0.6) is 0 Å². The zero-order chi connectivity index (χ0) is 10.5. The van der Waals surface area contributed by atoms with E-state index in [0.717, 1.165) is 0 Å². The van der Waals surface area contributed by atoms with E-state index in [1.54, 1.807) is 23.3 Å². The van der Waals surface area contributed by atoms with Gasteiger partial charge in [-0.3, -0.25) is 0 Å². The summed E-state index contributed by atoms with van der Waals surface area (Å²) in [5, 5.41) is 16.9. The smallest absolute Gasteiger partial charge is 0.696 e. The van der Waals surface area contributed by atoms with Gasteiger partial charge < -0.3 is 29.8 Å². The van der Waals surface area contributed by atoms with Crippen molar-refractivity contribution in [2.75, 3.05) is 0 Å². The Bertz CT molecular complexity index is 274. The molecule has 1 aromatic rings. The molecule has 1 heterocycles. The van der Waals surface area contributed by atoms with E-state index in [9.17, 15) is 0 Å². The van der Waals surface area contributed by atoms with Crippen molar-refractivity contribution in [1.29, 1.82) is 10.5 Å². The Kier molecular flexibility index (Phi) is 24.0. The molecule has 0 spiro atoms. The van der Waals surface area contributed by atoms with Crippen LogP contribution in [0.25, 0.3) is 6.20 Å². The summed E-state index contributed by atoms with van der Waals surface area (Å²) in [4.78, 5) is 3.78. The van der Waals surface area contributed by atoms with Crippen LogP contribution in [-0.4, -0.2) is 9.55 Å². The fourth-order valence-corrected chi connectivity index (χ4v) is 0.377. The number of hydrogen-bond acceptors (Lipinski definition) is 5. The molecule has 1 aromatic heterocycles. The Balaban J connectivity index is -0.000000150. The minimum absolute atomic E-state index is 0. The molecule has 0 aliphatic heterocycles. The standard InChI is InChI=1S/C5H6N2.2CHNS.Zn/c1-2-7-4-3-6-5-7;2*2-1-3;/h2-5H,1H2;2*3H;/q;;;+2/p-2. The molecule has 14 heavy (non-hydrogen) atoms. The fourth-order valence-electron chi connectivity index (χ4n) is 0.377. The van der Waals surface area contributed by atoms with Crippen LogP contribution in [0.1, 0.15) is 0 Å². The summed E-state index contributed by atoms with van der Waals surface area (Å²) < 4.78 is 1.78. The van der Waals surface area contributed by atoms with Crippen molar-refractivity contribution in [2.45, 2.75) is 0 Å². The summed E-state index contributed by atoms with van der Waals surface area (Å²) in [6.07, 6.45) is 6.91. The third-order valence-electron chi connectivity index (χ3n) is 0.736. The van der Waals surface area contributed by atoms with E-state index in [-0.39, 0.29) is 19.5 Å². The van der Waals surface area contributed by atoms with Crippen LogP contribution < -0.4 is 0 Å². The number of thiocyanates is 2. The van der Waals surface area contributed by atoms with Crippen molar-refractivity contribution in [3.8, 4) is 10.8 Å². The summed E-state index contributed by atoms with van der Waals surface area (Å²) in [5.41, 5.74) is 0. The molecule has 0 aromatic carbocycles. The predicted octanol–water partition coefficient (Wildman–Crippen LogP) is 1.01. The van der Waals surface area contributed by atoms with Crippen LogP contribution in [0.15, 0.2) is 25.3 Å². The number of nitrogens with zero attached hydrogens (tertiary/aromatic N) is 4. The van der Waals surface area contributed by atoms with Crippen molar-refractivity contribution in [2.24, 2.45) is 0 Å². The zero-order valence-electron chi connectivity index (χ0n) is 7.33. The molecule has 0 amide bonds. The van der Waals surface area contributed by atoms with E-state index >= 15 is 0 Å². The van der Waals surface area contributed by atoms with Crippen molar-refractivity contribution >= 4 is 31.5 Å². The predicted molar refractivity (Wildman–Crippen MR) is 54.6 cm³/mol. The van der Waals surface area contributed by atoms with Gasteiger partial charge in [0.15, 0.2) is 0 Å². The summed E-state index contributed by atoms with van der Waals surface area (Å²) >= 11 is 7.40. The van der Waals surface area contributed by atoms with E-state index in [1.807, 2.05) is 6.20 Å². The summed E-state index contributed by atoms with van der Waals surface area (Å²) in [5.74, 6) is 0. The van der Waals surface area contributed by atoms with Crippen LogP contribution in [-0.2, 0) is 44.7 Å². The van der Waals surface area contributed by atoms with Gasteiger partial charge in [0.25, 0.3) is 0 Å². The molecule has 7 heteroatoms. The van der Waals surface area contributed by atoms with Gasteiger partial charge in [0, 0.05) is 18.6 Å². The molecule has 0 aliphatic carbocycles. The van der Waals surface area contributed by atoms with Gasteiger partial charge in [0.1, 0.15) is 0 Å². The first-order chi connectivity index (χ1) is 6.26. The molecule has 0 saturated carbocycles. The van der Waals surface area contributed by atoms with Gasteiger partial charge in [-0.25, -0.2) is 15.5 Å². The van der Waals surface area contributed by atoms with Crippen LogP contribution in [0.4, 0.5) is 0 Å². The molecule has 0 bridgehead atoms. The minimum Gasteiger partial charge on any atom is -0.696 e. The summed E-state index contributed by atoms with van der Waals surface area (Å²) in [6, 6.07) is 0. The van der Waals surface area contributed by atoms with Crippen molar-refractivity contribution < 1.29 is 19.5 Å². The maximum absolute atomic E-state index is 7.13. The zero-order valence-corrected chi connectivity index (χ0v) is 11.9. The molecule has 0 N–H and O–H groups in total. The quantitative estimate of drug-likeness (QED) is 0.435. The van der Waals surface area contributed by atoms with E-state index in [1.165, 1.54) is 10.8 Å². The molecular formula is C7H6N4S2Zn. The van der Waals surface area contributed by atoms with Crippen molar-refractivity contribution in [3.05, 3.63) is 25.3 Å². The third-order valence-corrected chi connectivity index (χ3v) is 0.736. The Labute approximate surface area is 107 Å². The van der Waals surface area contributed by atoms with Gasteiger partial charge in [-0.2, -0.15) is 0 Å². The van der Waals surface area contributed by atoms with Gasteiger partial charge in [0.2, 0.25) is 0 Å². The summed E-state index contributed by atoms with van der Waals surface area (Å²) in [6.45, 7) is 3.53. The van der Waals surface area contributed by atoms with Gasteiger partial charge >= 0.3 is 19.5 Å². The molecule has 1 rings (SSSR count). The van der Waals surface area contributed by atoms with E-state index in [2.05, 4.69) is 36.8 Å². The number of hydrogen-bond donors (Lipinski definition) is 0. The average molecular weight is 276 g/mol. The molecule has 0 radical (unpaired) electrons. The first kappa shape index (κ1) is 18.7. The van der Waals surface area contributed by atoms with E-state index in [4.69, 9.17) is 10.5 Å². The second-order valence-electron chi connectivity index (χ2n) is 1.38. The van der Waals surface area contributed by atoms with Crippen LogP contribution >= 0.6 is 0 Å². The van der Waals surface area contributed by atoms with Gasteiger partial charge in [0.05, 0.1) is 6.33 Å². The molecule has 68 valence electrons. The molecule has 0 fully saturated rings. The molecule has 0 unspecified atom stereocenters.